The lowest BCUT2D eigenvalue weighted by atomic mass is 10.1. The minimum absolute atomic E-state index is 0.0555. The molecule has 2 aliphatic rings. The number of epoxide rings is 1. The van der Waals surface area contributed by atoms with Gasteiger partial charge in [0.15, 0.2) is 0 Å². The zero-order chi connectivity index (χ0) is 14.7. The van der Waals surface area contributed by atoms with E-state index in [4.69, 9.17) is 18.9 Å². The molecule has 0 aromatic heterocycles. The Labute approximate surface area is 121 Å². The van der Waals surface area contributed by atoms with Crippen LogP contribution in [0.15, 0.2) is 24.3 Å². The Balaban J connectivity index is 1.53. The van der Waals surface area contributed by atoms with E-state index < -0.39 is 5.97 Å². The second-order valence-corrected chi connectivity index (χ2v) is 5.08. The highest BCUT2D eigenvalue weighted by Crippen LogP contribution is 2.13. The van der Waals surface area contributed by atoms with Crippen molar-refractivity contribution in [2.24, 2.45) is 0 Å². The molecule has 1 aromatic rings. The predicted molar refractivity (Wildman–Crippen MR) is 70.9 cm³/mol. The number of benzene rings is 1. The molecule has 0 amide bonds. The number of hydrogen-bond acceptors (Lipinski definition) is 6. The van der Waals surface area contributed by atoms with E-state index in [0.717, 1.165) is 5.56 Å². The van der Waals surface area contributed by atoms with Crippen LogP contribution >= 0.6 is 0 Å². The Morgan fingerprint density at radius 1 is 1.24 bits per heavy atom. The number of carbonyl (C=O) groups is 2. The molecule has 0 N–H and O–H groups in total. The SMILES string of the molecule is O=C(Cc1cccc(C(=O)OC2COC2)c1)OCC1CO1. The van der Waals surface area contributed by atoms with Crippen molar-refractivity contribution in [1.82, 2.24) is 0 Å². The van der Waals surface area contributed by atoms with Crippen molar-refractivity contribution in [2.75, 3.05) is 26.4 Å². The summed E-state index contributed by atoms with van der Waals surface area (Å²) in [5.74, 6) is -0.728. The highest BCUT2D eigenvalue weighted by Gasteiger charge is 2.25. The van der Waals surface area contributed by atoms with Crippen LogP contribution in [0, 0.1) is 0 Å². The molecule has 2 fully saturated rings. The summed E-state index contributed by atoms with van der Waals surface area (Å²) in [6.07, 6.45) is 0.0185. The molecule has 1 aromatic carbocycles. The van der Waals surface area contributed by atoms with E-state index in [-0.39, 0.29) is 24.6 Å². The van der Waals surface area contributed by atoms with Gasteiger partial charge in [-0.1, -0.05) is 12.1 Å². The number of rotatable bonds is 6. The van der Waals surface area contributed by atoms with E-state index in [1.54, 1.807) is 24.3 Å². The third-order valence-electron chi connectivity index (χ3n) is 3.22. The van der Waals surface area contributed by atoms with Crippen LogP contribution in [0.3, 0.4) is 0 Å². The molecule has 6 nitrogen and oxygen atoms in total. The second-order valence-electron chi connectivity index (χ2n) is 5.08. The zero-order valence-corrected chi connectivity index (χ0v) is 11.4. The Kier molecular flexibility index (Phi) is 4.17. The standard InChI is InChI=1S/C15H16O6/c16-14(20-9-12-8-19-12)5-10-2-1-3-11(4-10)15(17)21-13-6-18-7-13/h1-4,12-13H,5-9H2. The maximum Gasteiger partial charge on any atom is 0.338 e. The van der Waals surface area contributed by atoms with Crippen molar-refractivity contribution in [1.29, 1.82) is 0 Å². The molecule has 1 unspecified atom stereocenters. The third-order valence-corrected chi connectivity index (χ3v) is 3.22. The minimum Gasteiger partial charge on any atom is -0.463 e. The number of ether oxygens (including phenoxy) is 4. The van der Waals surface area contributed by atoms with Crippen molar-refractivity contribution in [3.8, 4) is 0 Å². The lowest BCUT2D eigenvalue weighted by Gasteiger charge is -2.25. The summed E-state index contributed by atoms with van der Waals surface area (Å²) in [5, 5.41) is 0. The summed E-state index contributed by atoms with van der Waals surface area (Å²) in [6.45, 7) is 1.84. The molecule has 6 heteroatoms. The summed E-state index contributed by atoms with van der Waals surface area (Å²) in [4.78, 5) is 23.5. The fourth-order valence-corrected chi connectivity index (χ4v) is 1.88. The van der Waals surface area contributed by atoms with E-state index >= 15 is 0 Å². The lowest BCUT2D eigenvalue weighted by molar-refractivity contribution is -0.143. The Bertz CT molecular complexity index is 533. The highest BCUT2D eigenvalue weighted by atomic mass is 16.6. The summed E-state index contributed by atoms with van der Waals surface area (Å²) >= 11 is 0. The average Bonchev–Trinajstić information content (AvgIpc) is 3.25. The molecule has 2 saturated heterocycles. The molecular formula is C15H16O6. The zero-order valence-electron chi connectivity index (χ0n) is 11.4. The average molecular weight is 292 g/mol. The molecule has 21 heavy (non-hydrogen) atoms. The Hall–Kier alpha value is -1.92. The quantitative estimate of drug-likeness (QED) is 0.568. The van der Waals surface area contributed by atoms with Gasteiger partial charge in [-0.25, -0.2) is 4.79 Å². The van der Waals surface area contributed by atoms with Crippen molar-refractivity contribution in [3.63, 3.8) is 0 Å². The molecule has 1 atom stereocenters. The van der Waals surface area contributed by atoms with Crippen molar-refractivity contribution in [3.05, 3.63) is 35.4 Å². The summed E-state index contributed by atoms with van der Waals surface area (Å²) in [7, 11) is 0. The molecule has 2 aliphatic heterocycles. The van der Waals surface area contributed by atoms with E-state index in [9.17, 15) is 9.59 Å². The van der Waals surface area contributed by atoms with Gasteiger partial charge in [0.05, 0.1) is 31.8 Å². The number of carbonyl (C=O) groups excluding carboxylic acids is 2. The van der Waals surface area contributed by atoms with E-state index in [0.29, 0.717) is 32.0 Å². The van der Waals surface area contributed by atoms with Gasteiger partial charge in [0.1, 0.15) is 18.8 Å². The highest BCUT2D eigenvalue weighted by molar-refractivity contribution is 5.90. The van der Waals surface area contributed by atoms with Gasteiger partial charge < -0.3 is 18.9 Å². The fraction of sp³-hybridized carbons (Fsp3) is 0.467. The molecule has 0 radical (unpaired) electrons. The molecular weight excluding hydrogens is 276 g/mol. The number of hydrogen-bond donors (Lipinski definition) is 0. The van der Waals surface area contributed by atoms with E-state index in [2.05, 4.69) is 0 Å². The van der Waals surface area contributed by atoms with Crippen molar-refractivity contribution >= 4 is 11.9 Å². The Morgan fingerprint density at radius 2 is 2.05 bits per heavy atom. The maximum atomic E-state index is 11.9. The second kappa shape index (κ2) is 6.24. The first-order valence-corrected chi connectivity index (χ1v) is 6.85. The maximum absolute atomic E-state index is 11.9. The monoisotopic (exact) mass is 292 g/mol. The molecule has 2 heterocycles. The van der Waals surface area contributed by atoms with Crippen LogP contribution in [0.5, 0.6) is 0 Å². The molecule has 0 saturated carbocycles. The van der Waals surface area contributed by atoms with Crippen molar-refractivity contribution < 1.29 is 28.5 Å². The fourth-order valence-electron chi connectivity index (χ4n) is 1.88. The van der Waals surface area contributed by atoms with Gasteiger partial charge in [-0.3, -0.25) is 4.79 Å². The first kappa shape index (κ1) is 14.0. The normalized spacial score (nSPS) is 20.5. The third kappa shape index (κ3) is 4.03. The van der Waals surface area contributed by atoms with Gasteiger partial charge in [0, 0.05) is 0 Å². The van der Waals surface area contributed by atoms with Crippen LogP contribution in [0.2, 0.25) is 0 Å². The van der Waals surface area contributed by atoms with Crippen LogP contribution in [0.25, 0.3) is 0 Å². The smallest absolute Gasteiger partial charge is 0.338 e. The molecule has 0 bridgehead atoms. The van der Waals surface area contributed by atoms with Gasteiger partial charge >= 0.3 is 11.9 Å². The largest absolute Gasteiger partial charge is 0.463 e. The molecule has 3 rings (SSSR count). The van der Waals surface area contributed by atoms with Crippen LogP contribution < -0.4 is 0 Å². The molecule has 112 valence electrons. The van der Waals surface area contributed by atoms with Crippen LogP contribution in [0.4, 0.5) is 0 Å². The predicted octanol–water partition coefficient (Wildman–Crippen LogP) is 0.727. The summed E-state index contributed by atoms with van der Waals surface area (Å²) in [6, 6.07) is 6.81. The van der Waals surface area contributed by atoms with Gasteiger partial charge in [-0.15, -0.1) is 0 Å². The molecule has 0 spiro atoms. The van der Waals surface area contributed by atoms with Crippen LogP contribution in [-0.2, 0) is 30.2 Å². The summed E-state index contributed by atoms with van der Waals surface area (Å²) < 4.78 is 20.2. The van der Waals surface area contributed by atoms with Crippen molar-refractivity contribution in [2.45, 2.75) is 18.6 Å². The summed E-state index contributed by atoms with van der Waals surface area (Å²) in [5.41, 5.74) is 1.15. The van der Waals surface area contributed by atoms with E-state index in [1.807, 2.05) is 0 Å². The first-order chi connectivity index (χ1) is 10.2. The number of esters is 2. The van der Waals surface area contributed by atoms with E-state index in [1.165, 1.54) is 0 Å². The topological polar surface area (TPSA) is 74.4 Å². The first-order valence-electron chi connectivity index (χ1n) is 6.85. The van der Waals surface area contributed by atoms with Crippen LogP contribution in [0.1, 0.15) is 15.9 Å². The Morgan fingerprint density at radius 3 is 2.71 bits per heavy atom. The minimum atomic E-state index is -0.398. The van der Waals surface area contributed by atoms with Gasteiger partial charge in [-0.05, 0) is 17.7 Å². The van der Waals surface area contributed by atoms with Gasteiger partial charge in [0.2, 0.25) is 0 Å². The van der Waals surface area contributed by atoms with Gasteiger partial charge in [0.25, 0.3) is 0 Å². The molecule has 0 aliphatic carbocycles. The van der Waals surface area contributed by atoms with Crippen LogP contribution in [-0.4, -0.2) is 50.6 Å². The lowest BCUT2D eigenvalue weighted by Crippen LogP contribution is -2.37. The van der Waals surface area contributed by atoms with Gasteiger partial charge in [-0.2, -0.15) is 0 Å².